The lowest BCUT2D eigenvalue weighted by Crippen LogP contribution is -2.34. The van der Waals surface area contributed by atoms with Crippen molar-refractivity contribution in [3.8, 4) is 0 Å². The van der Waals surface area contributed by atoms with Gasteiger partial charge in [-0.3, -0.25) is 0 Å². The third-order valence-corrected chi connectivity index (χ3v) is 3.93. The van der Waals surface area contributed by atoms with E-state index in [9.17, 15) is 0 Å². The fourth-order valence-electron chi connectivity index (χ4n) is 2.58. The van der Waals surface area contributed by atoms with E-state index < -0.39 is 0 Å². The van der Waals surface area contributed by atoms with Crippen LogP contribution in [0.1, 0.15) is 31.2 Å². The zero-order valence-electron chi connectivity index (χ0n) is 12.7. The summed E-state index contributed by atoms with van der Waals surface area (Å²) in [7, 11) is 0. The molecule has 5 heteroatoms. The van der Waals surface area contributed by atoms with Gasteiger partial charge in [-0.05, 0) is 37.8 Å². The minimum absolute atomic E-state index is 0.639. The number of aryl methyl sites for hydroxylation is 1. The fraction of sp³-hybridized carbons (Fsp3) is 0.500. The summed E-state index contributed by atoms with van der Waals surface area (Å²) in [6, 6.07) is 5.82. The van der Waals surface area contributed by atoms with Crippen molar-refractivity contribution in [2.75, 3.05) is 23.3 Å². The second-order valence-electron chi connectivity index (χ2n) is 5.80. The number of nitrogens with one attached hydrogen (secondary N) is 1. The minimum atomic E-state index is 0.639. The summed E-state index contributed by atoms with van der Waals surface area (Å²) in [5.41, 5.74) is 0.987. The third-order valence-electron chi connectivity index (χ3n) is 3.93. The number of nitrogens with zero attached hydrogens (tertiary/aromatic N) is 3. The van der Waals surface area contributed by atoms with Crippen LogP contribution in [0.2, 0.25) is 0 Å². The van der Waals surface area contributed by atoms with E-state index in [0.29, 0.717) is 6.54 Å². The van der Waals surface area contributed by atoms with Crippen LogP contribution in [0.4, 0.5) is 11.8 Å². The van der Waals surface area contributed by atoms with Crippen molar-refractivity contribution in [2.45, 2.75) is 33.2 Å². The molecule has 0 bridgehead atoms. The highest BCUT2D eigenvalue weighted by Gasteiger charge is 2.18. The molecule has 1 aliphatic rings. The smallest absolute Gasteiger partial charge is 0.227 e. The Morgan fingerprint density at radius 1 is 1.33 bits per heavy atom. The van der Waals surface area contributed by atoms with E-state index in [1.807, 2.05) is 25.1 Å². The van der Waals surface area contributed by atoms with Gasteiger partial charge >= 0.3 is 0 Å². The molecule has 0 spiro atoms. The topological polar surface area (TPSA) is 54.2 Å². The van der Waals surface area contributed by atoms with E-state index in [1.54, 1.807) is 6.26 Å². The van der Waals surface area contributed by atoms with Gasteiger partial charge in [0.2, 0.25) is 5.95 Å². The molecule has 1 aliphatic heterocycles. The Hall–Kier alpha value is -2.04. The lowest BCUT2D eigenvalue weighted by atomic mass is 10.00. The van der Waals surface area contributed by atoms with E-state index in [-0.39, 0.29) is 0 Å². The number of anilines is 2. The average molecular weight is 286 g/mol. The van der Waals surface area contributed by atoms with Crippen molar-refractivity contribution >= 4 is 11.8 Å². The first-order valence-corrected chi connectivity index (χ1v) is 7.57. The molecule has 3 rings (SSSR count). The van der Waals surface area contributed by atoms with Crippen molar-refractivity contribution in [1.29, 1.82) is 0 Å². The molecule has 21 heavy (non-hydrogen) atoms. The quantitative estimate of drug-likeness (QED) is 0.935. The Morgan fingerprint density at radius 2 is 2.14 bits per heavy atom. The predicted octanol–water partition coefficient (Wildman–Crippen LogP) is 3.23. The van der Waals surface area contributed by atoms with Gasteiger partial charge in [-0.25, -0.2) is 4.98 Å². The molecule has 1 fully saturated rings. The number of hydrogen-bond acceptors (Lipinski definition) is 5. The van der Waals surface area contributed by atoms with Crippen LogP contribution in [0.15, 0.2) is 28.9 Å². The maximum atomic E-state index is 5.33. The standard InChI is InChI=1S/C16H22N4O/c1-12-5-7-20(8-6-12)16-18-13(2)10-15(19-16)17-11-14-4-3-9-21-14/h3-4,9-10,12H,5-8,11H2,1-2H3,(H,17,18,19). The molecule has 112 valence electrons. The van der Waals surface area contributed by atoms with Crippen LogP contribution in [0.5, 0.6) is 0 Å². The molecule has 0 amide bonds. The van der Waals surface area contributed by atoms with Gasteiger partial charge in [0.05, 0.1) is 12.8 Å². The van der Waals surface area contributed by atoms with Crippen LogP contribution >= 0.6 is 0 Å². The molecule has 1 N–H and O–H groups in total. The van der Waals surface area contributed by atoms with E-state index in [1.165, 1.54) is 12.8 Å². The van der Waals surface area contributed by atoms with Gasteiger partial charge in [0.15, 0.2) is 0 Å². The summed E-state index contributed by atoms with van der Waals surface area (Å²) < 4.78 is 5.33. The number of rotatable bonds is 4. The van der Waals surface area contributed by atoms with Crippen molar-refractivity contribution < 1.29 is 4.42 Å². The molecule has 0 aliphatic carbocycles. The molecule has 0 unspecified atom stereocenters. The zero-order chi connectivity index (χ0) is 14.7. The molecule has 5 nitrogen and oxygen atoms in total. The van der Waals surface area contributed by atoms with Crippen LogP contribution in [0.25, 0.3) is 0 Å². The molecule has 0 radical (unpaired) electrons. The van der Waals surface area contributed by atoms with Crippen molar-refractivity contribution in [1.82, 2.24) is 9.97 Å². The Labute approximate surface area is 125 Å². The summed E-state index contributed by atoms with van der Waals surface area (Å²) >= 11 is 0. The number of aromatic nitrogens is 2. The third kappa shape index (κ3) is 3.54. The molecule has 0 aromatic carbocycles. The van der Waals surface area contributed by atoms with Gasteiger partial charge in [0.25, 0.3) is 0 Å². The SMILES string of the molecule is Cc1cc(NCc2ccco2)nc(N2CCC(C)CC2)n1. The molecule has 2 aromatic rings. The lowest BCUT2D eigenvalue weighted by molar-refractivity contribution is 0.434. The van der Waals surface area contributed by atoms with Crippen LogP contribution in [-0.4, -0.2) is 23.1 Å². The van der Waals surface area contributed by atoms with Gasteiger partial charge < -0.3 is 14.6 Å². The summed E-state index contributed by atoms with van der Waals surface area (Å²) in [6.45, 7) is 7.05. The highest BCUT2D eigenvalue weighted by atomic mass is 16.3. The maximum Gasteiger partial charge on any atom is 0.227 e. The lowest BCUT2D eigenvalue weighted by Gasteiger charge is -2.30. The number of furan rings is 1. The van der Waals surface area contributed by atoms with Crippen molar-refractivity contribution in [3.63, 3.8) is 0 Å². The Kier molecular flexibility index (Phi) is 4.08. The zero-order valence-corrected chi connectivity index (χ0v) is 12.7. The highest BCUT2D eigenvalue weighted by Crippen LogP contribution is 2.21. The van der Waals surface area contributed by atoms with Crippen LogP contribution < -0.4 is 10.2 Å². The van der Waals surface area contributed by atoms with Crippen LogP contribution in [0.3, 0.4) is 0 Å². The predicted molar refractivity (Wildman–Crippen MR) is 83.4 cm³/mol. The fourth-order valence-corrected chi connectivity index (χ4v) is 2.58. The van der Waals surface area contributed by atoms with Crippen molar-refractivity contribution in [2.24, 2.45) is 5.92 Å². The summed E-state index contributed by atoms with van der Waals surface area (Å²) in [5.74, 6) is 3.40. The monoisotopic (exact) mass is 286 g/mol. The van der Waals surface area contributed by atoms with Gasteiger partial charge in [-0.2, -0.15) is 4.98 Å². The Bertz CT molecular complexity index is 574. The van der Waals surface area contributed by atoms with E-state index in [4.69, 9.17) is 4.42 Å². The van der Waals surface area contributed by atoms with Crippen LogP contribution in [0, 0.1) is 12.8 Å². The van der Waals surface area contributed by atoms with E-state index in [0.717, 1.165) is 42.2 Å². The van der Waals surface area contributed by atoms with Crippen molar-refractivity contribution in [3.05, 3.63) is 35.9 Å². The summed E-state index contributed by atoms with van der Waals surface area (Å²) in [4.78, 5) is 11.5. The normalized spacial score (nSPS) is 16.2. The summed E-state index contributed by atoms with van der Waals surface area (Å²) in [6.07, 6.45) is 4.11. The molecule has 0 atom stereocenters. The maximum absolute atomic E-state index is 5.33. The second kappa shape index (κ2) is 6.16. The van der Waals surface area contributed by atoms with E-state index in [2.05, 4.69) is 27.1 Å². The molecule has 3 heterocycles. The first-order chi connectivity index (χ1) is 10.2. The van der Waals surface area contributed by atoms with Crippen LogP contribution in [-0.2, 0) is 6.54 Å². The van der Waals surface area contributed by atoms with Gasteiger partial charge in [0.1, 0.15) is 11.6 Å². The highest BCUT2D eigenvalue weighted by molar-refractivity contribution is 5.44. The molecule has 1 saturated heterocycles. The minimum Gasteiger partial charge on any atom is -0.467 e. The van der Waals surface area contributed by atoms with Gasteiger partial charge in [-0.1, -0.05) is 6.92 Å². The average Bonchev–Trinajstić information content (AvgIpc) is 2.99. The second-order valence-corrected chi connectivity index (χ2v) is 5.80. The molecular formula is C16H22N4O. The Morgan fingerprint density at radius 3 is 2.86 bits per heavy atom. The molecule has 2 aromatic heterocycles. The Balaban J connectivity index is 1.70. The number of hydrogen-bond donors (Lipinski definition) is 1. The first-order valence-electron chi connectivity index (χ1n) is 7.57. The molecular weight excluding hydrogens is 264 g/mol. The van der Waals surface area contributed by atoms with E-state index >= 15 is 0 Å². The molecule has 0 saturated carbocycles. The first kappa shape index (κ1) is 13.9. The van der Waals surface area contributed by atoms with Gasteiger partial charge in [-0.15, -0.1) is 0 Å². The van der Waals surface area contributed by atoms with Gasteiger partial charge in [0, 0.05) is 24.8 Å². The largest absolute Gasteiger partial charge is 0.467 e. The summed E-state index contributed by atoms with van der Waals surface area (Å²) in [5, 5.41) is 3.30. The number of piperidine rings is 1.